The van der Waals surface area contributed by atoms with E-state index in [0.29, 0.717) is 11.3 Å². The van der Waals surface area contributed by atoms with Crippen LogP contribution in [0.5, 0.6) is 0 Å². The molecule has 3 heterocycles. The molecule has 0 atom stereocenters. The van der Waals surface area contributed by atoms with Gasteiger partial charge in [-0.3, -0.25) is 0 Å². The quantitative estimate of drug-likeness (QED) is 0.807. The van der Waals surface area contributed by atoms with Crippen molar-refractivity contribution in [2.24, 2.45) is 4.99 Å². The standard InChI is InChI=1S/C17H20N4S/c1-12-11-13-16(21-9-7-20(2)8-10-21)18-14-5-3-4-6-15(14)19-17(13)22-12/h3-6,11,19H,7-10H2,1-2H3/i2D3,9D2,10D2. The van der Waals surface area contributed by atoms with Crippen LogP contribution in [0.3, 0.4) is 0 Å². The van der Waals surface area contributed by atoms with Crippen molar-refractivity contribution in [3.63, 3.8) is 0 Å². The third-order valence-corrected chi connectivity index (χ3v) is 4.49. The van der Waals surface area contributed by atoms with Crippen LogP contribution >= 0.6 is 11.3 Å². The summed E-state index contributed by atoms with van der Waals surface area (Å²) in [6.07, 6.45) is 0. The van der Waals surface area contributed by atoms with Gasteiger partial charge in [0.05, 0.1) is 22.4 Å². The van der Waals surface area contributed by atoms with E-state index in [2.05, 4.69) is 10.3 Å². The van der Waals surface area contributed by atoms with Gasteiger partial charge in [0.1, 0.15) is 10.8 Å². The molecule has 0 radical (unpaired) electrons. The van der Waals surface area contributed by atoms with Gasteiger partial charge in [0.2, 0.25) is 0 Å². The van der Waals surface area contributed by atoms with E-state index in [4.69, 9.17) is 9.60 Å². The average molecular weight is 319 g/mol. The van der Waals surface area contributed by atoms with Crippen LogP contribution in [0.4, 0.5) is 16.4 Å². The Balaban J connectivity index is 1.89. The Morgan fingerprint density at radius 3 is 2.95 bits per heavy atom. The highest BCUT2D eigenvalue weighted by molar-refractivity contribution is 7.16. The Bertz CT molecular complexity index is 964. The van der Waals surface area contributed by atoms with Crippen molar-refractivity contribution < 1.29 is 9.60 Å². The number of thiophene rings is 1. The second kappa shape index (κ2) is 5.41. The first-order chi connectivity index (χ1) is 13.4. The lowest BCUT2D eigenvalue weighted by Crippen LogP contribution is -2.47. The number of anilines is 2. The van der Waals surface area contributed by atoms with Crippen molar-refractivity contribution in [3.05, 3.63) is 40.8 Å². The molecule has 0 spiro atoms. The van der Waals surface area contributed by atoms with Crippen molar-refractivity contribution in [2.45, 2.75) is 6.92 Å². The van der Waals surface area contributed by atoms with Crippen LogP contribution < -0.4 is 5.32 Å². The maximum atomic E-state index is 8.55. The van der Waals surface area contributed by atoms with E-state index < -0.39 is 33.1 Å². The van der Waals surface area contributed by atoms with Gasteiger partial charge in [-0.05, 0) is 32.1 Å². The van der Waals surface area contributed by atoms with Crippen molar-refractivity contribution >= 4 is 33.5 Å². The molecule has 0 saturated carbocycles. The molecule has 0 unspecified atom stereocenters. The van der Waals surface area contributed by atoms with Crippen LogP contribution in [0.15, 0.2) is 35.3 Å². The second-order valence-electron chi connectivity index (χ2n) is 5.19. The lowest BCUT2D eigenvalue weighted by Gasteiger charge is -2.34. The van der Waals surface area contributed by atoms with Crippen molar-refractivity contribution in [1.82, 2.24) is 9.80 Å². The monoisotopic (exact) mass is 319 g/mol. The number of aryl methyl sites for hydroxylation is 1. The van der Waals surface area contributed by atoms with Crippen LogP contribution in [-0.2, 0) is 0 Å². The SMILES string of the molecule is [2H]C([2H])([2H])N1CC([2H])([2H])N(C2=Nc3ccccc3Nc3sc(C)cc32)C([2H])([2H])C1. The first kappa shape index (κ1) is 8.13. The molecule has 1 aromatic carbocycles. The molecular formula is C17H20N4S. The van der Waals surface area contributed by atoms with Gasteiger partial charge >= 0.3 is 0 Å². The maximum absolute atomic E-state index is 8.55. The molecule has 4 nitrogen and oxygen atoms in total. The van der Waals surface area contributed by atoms with Gasteiger partial charge < -0.3 is 15.1 Å². The Morgan fingerprint density at radius 1 is 1.32 bits per heavy atom. The fourth-order valence-electron chi connectivity index (χ4n) is 2.49. The average Bonchev–Trinajstić information content (AvgIpc) is 2.86. The molecule has 2 aliphatic heterocycles. The minimum Gasteiger partial charge on any atom is -0.353 e. The summed E-state index contributed by atoms with van der Waals surface area (Å²) in [7, 11) is 0. The van der Waals surface area contributed by atoms with E-state index in [1.165, 1.54) is 11.3 Å². The molecule has 1 aromatic heterocycles. The van der Waals surface area contributed by atoms with E-state index in [1.807, 2.05) is 31.2 Å². The number of para-hydroxylation sites is 2. The largest absolute Gasteiger partial charge is 0.353 e. The highest BCUT2D eigenvalue weighted by atomic mass is 32.1. The second-order valence-corrected chi connectivity index (χ2v) is 6.44. The number of piperazine rings is 1. The number of nitrogens with one attached hydrogen (secondary N) is 1. The number of benzene rings is 1. The molecule has 4 rings (SSSR count). The Hall–Kier alpha value is -1.85. The topological polar surface area (TPSA) is 30.9 Å². The molecule has 1 fully saturated rings. The van der Waals surface area contributed by atoms with Crippen molar-refractivity contribution in [3.8, 4) is 0 Å². The normalized spacial score (nSPS) is 28.0. The first-order valence-corrected chi connectivity index (χ1v) is 7.81. The Morgan fingerprint density at radius 2 is 2.14 bits per heavy atom. The molecule has 0 amide bonds. The zero-order chi connectivity index (χ0) is 21.2. The third-order valence-electron chi connectivity index (χ3n) is 3.53. The molecule has 2 aliphatic rings. The van der Waals surface area contributed by atoms with Gasteiger partial charge in [-0.25, -0.2) is 4.99 Å². The third kappa shape index (κ3) is 2.40. The van der Waals surface area contributed by atoms with Crippen LogP contribution in [0.2, 0.25) is 0 Å². The van der Waals surface area contributed by atoms with Gasteiger partial charge in [-0.2, -0.15) is 0 Å². The predicted octanol–water partition coefficient (Wildman–Crippen LogP) is 3.44. The lowest BCUT2D eigenvalue weighted by atomic mass is 10.2. The summed E-state index contributed by atoms with van der Waals surface area (Å²) in [6, 6.07) is 9.15. The summed E-state index contributed by atoms with van der Waals surface area (Å²) in [5.41, 5.74) is 1.90. The number of aliphatic imine (C=N–C) groups is 1. The molecule has 2 aromatic rings. The summed E-state index contributed by atoms with van der Waals surface area (Å²) >= 11 is 1.48. The lowest BCUT2D eigenvalue weighted by molar-refractivity contribution is 0.216. The number of hydrogen-bond acceptors (Lipinski definition) is 5. The van der Waals surface area contributed by atoms with Crippen LogP contribution in [0, 0.1) is 6.92 Å². The zero-order valence-corrected chi connectivity index (χ0v) is 12.9. The van der Waals surface area contributed by atoms with Crippen LogP contribution in [0.1, 0.15) is 20.0 Å². The molecule has 114 valence electrons. The van der Waals surface area contributed by atoms with E-state index in [1.54, 1.807) is 6.07 Å². The summed E-state index contributed by atoms with van der Waals surface area (Å²) in [5, 5.41) is 4.06. The van der Waals surface area contributed by atoms with Gasteiger partial charge in [0.25, 0.3) is 0 Å². The molecule has 22 heavy (non-hydrogen) atoms. The maximum Gasteiger partial charge on any atom is 0.139 e. The van der Waals surface area contributed by atoms with Gasteiger partial charge in [-0.15, -0.1) is 11.3 Å². The summed E-state index contributed by atoms with van der Waals surface area (Å²) in [5.74, 6) is 0.155. The van der Waals surface area contributed by atoms with E-state index in [-0.39, 0.29) is 5.84 Å². The Labute approximate surface area is 144 Å². The van der Waals surface area contributed by atoms with Gasteiger partial charge in [0.15, 0.2) is 0 Å². The molecule has 0 bridgehead atoms. The van der Waals surface area contributed by atoms with Gasteiger partial charge in [0, 0.05) is 35.1 Å². The smallest absolute Gasteiger partial charge is 0.139 e. The zero-order valence-electron chi connectivity index (χ0n) is 19.1. The molecular weight excluding hydrogens is 292 g/mol. The van der Waals surface area contributed by atoms with E-state index in [9.17, 15) is 0 Å². The molecule has 1 N–H and O–H groups in total. The number of fused-ring (bicyclic) bond motifs is 2. The van der Waals surface area contributed by atoms with E-state index in [0.717, 1.165) is 25.4 Å². The summed E-state index contributed by atoms with van der Waals surface area (Å²) in [6.45, 7) is -6.18. The van der Waals surface area contributed by atoms with Crippen molar-refractivity contribution in [2.75, 3.05) is 38.4 Å². The molecule has 0 aliphatic carbocycles. The Kier molecular flexibility index (Phi) is 2.00. The van der Waals surface area contributed by atoms with Crippen molar-refractivity contribution in [1.29, 1.82) is 0 Å². The predicted molar refractivity (Wildman–Crippen MR) is 94.0 cm³/mol. The minimum absolute atomic E-state index is 0.155. The minimum atomic E-state index is -2.59. The number of likely N-dealkylation sites (N-methyl/N-ethyl adjacent to an activating group) is 1. The molecule has 1 saturated heterocycles. The first-order valence-electron chi connectivity index (χ1n) is 10.5. The fraction of sp³-hybridized carbons (Fsp3) is 0.353. The molecule has 5 heteroatoms. The number of nitrogens with zero attached hydrogens (tertiary/aromatic N) is 3. The number of hydrogen-bond donors (Lipinski definition) is 1. The number of rotatable bonds is 0. The van der Waals surface area contributed by atoms with Crippen LogP contribution in [-0.4, -0.2) is 48.7 Å². The highest BCUT2D eigenvalue weighted by Crippen LogP contribution is 2.39. The fourth-order valence-corrected chi connectivity index (χ4v) is 3.41. The van der Waals surface area contributed by atoms with Gasteiger partial charge in [-0.1, -0.05) is 12.1 Å². The number of amidine groups is 1. The summed E-state index contributed by atoms with van der Waals surface area (Å²) in [4.78, 5) is 7.48. The van der Waals surface area contributed by atoms with Crippen LogP contribution in [0.25, 0.3) is 0 Å². The van der Waals surface area contributed by atoms with E-state index >= 15 is 0 Å². The highest BCUT2D eigenvalue weighted by Gasteiger charge is 2.25. The summed E-state index contributed by atoms with van der Waals surface area (Å²) < 4.78 is 57.0.